The second-order valence-corrected chi connectivity index (χ2v) is 14.4. The summed E-state index contributed by atoms with van der Waals surface area (Å²) in [5.74, 6) is -0.0231. The van der Waals surface area contributed by atoms with E-state index in [9.17, 15) is 19.8 Å². The number of aryl methyl sites for hydroxylation is 1. The number of carbonyl (C=O) groups excluding carboxylic acids is 1. The maximum Gasteiger partial charge on any atom is 0.411 e. The van der Waals surface area contributed by atoms with E-state index in [4.69, 9.17) is 4.74 Å². The summed E-state index contributed by atoms with van der Waals surface area (Å²) in [6.45, 7) is 3.86. The second kappa shape index (κ2) is 18.6. The van der Waals surface area contributed by atoms with Crippen LogP contribution >= 0.6 is 0 Å². The Labute approximate surface area is 327 Å². The molecular formula is C46H49N5O5. The fourth-order valence-electron chi connectivity index (χ4n) is 7.37. The van der Waals surface area contributed by atoms with Crippen LogP contribution in [0, 0.1) is 0 Å². The Kier molecular flexibility index (Phi) is 12.7. The lowest BCUT2D eigenvalue weighted by molar-refractivity contribution is 0.0587. The molecule has 1 aromatic heterocycles. The van der Waals surface area contributed by atoms with Gasteiger partial charge in [-0.15, -0.1) is 0 Å². The van der Waals surface area contributed by atoms with Crippen LogP contribution in [0.25, 0.3) is 22.0 Å². The zero-order chi connectivity index (χ0) is 38.7. The molecule has 0 saturated carbocycles. The molecule has 0 bridgehead atoms. The second-order valence-electron chi connectivity index (χ2n) is 14.4. The first-order chi connectivity index (χ1) is 27.4. The molecule has 5 aromatic carbocycles. The third-order valence-corrected chi connectivity index (χ3v) is 10.4. The third kappa shape index (κ3) is 10.2. The monoisotopic (exact) mass is 751 g/mol. The van der Waals surface area contributed by atoms with Gasteiger partial charge >= 0.3 is 6.09 Å². The number of piperidine rings is 1. The fraction of sp³-hybridized carbons (Fsp3) is 0.261. The Morgan fingerprint density at radius 2 is 1.61 bits per heavy atom. The predicted octanol–water partition coefficient (Wildman–Crippen LogP) is 8.16. The average molecular weight is 752 g/mol. The highest BCUT2D eigenvalue weighted by Gasteiger charge is 2.23. The molecule has 1 amide bonds. The van der Waals surface area contributed by atoms with Crippen LogP contribution in [-0.4, -0.2) is 65.0 Å². The minimum atomic E-state index is -0.791. The summed E-state index contributed by atoms with van der Waals surface area (Å²) < 4.78 is 5.83. The highest BCUT2D eigenvalue weighted by atomic mass is 16.6. The van der Waals surface area contributed by atoms with Gasteiger partial charge in [0.05, 0.1) is 17.3 Å². The Morgan fingerprint density at radius 3 is 2.43 bits per heavy atom. The van der Waals surface area contributed by atoms with Crippen molar-refractivity contribution in [1.29, 1.82) is 0 Å². The van der Waals surface area contributed by atoms with Crippen LogP contribution in [0.15, 0.2) is 132 Å². The van der Waals surface area contributed by atoms with Crippen molar-refractivity contribution < 1.29 is 19.7 Å². The number of rotatable bonds is 15. The van der Waals surface area contributed by atoms with Gasteiger partial charge in [-0.2, -0.15) is 0 Å². The minimum Gasteiger partial charge on any atom is -0.506 e. The number of anilines is 3. The number of ether oxygens (including phenoxy) is 1. The first-order valence-corrected chi connectivity index (χ1v) is 19.4. The number of aliphatic hydroxyl groups is 1. The molecule has 10 heteroatoms. The molecule has 1 atom stereocenters. The lowest BCUT2D eigenvalue weighted by Crippen LogP contribution is -2.39. The zero-order valence-corrected chi connectivity index (χ0v) is 31.4. The maximum absolute atomic E-state index is 12.8. The number of H-pyrrole nitrogens is 1. The number of benzene rings is 5. The number of phenols is 1. The van der Waals surface area contributed by atoms with Gasteiger partial charge in [0.15, 0.2) is 0 Å². The molecule has 0 aliphatic carbocycles. The molecule has 288 valence electrons. The number of nitrogens with zero attached hydrogens (tertiary/aromatic N) is 1. The molecular weight excluding hydrogens is 703 g/mol. The smallest absolute Gasteiger partial charge is 0.411 e. The van der Waals surface area contributed by atoms with E-state index >= 15 is 0 Å². The molecule has 0 spiro atoms. The van der Waals surface area contributed by atoms with Gasteiger partial charge in [0, 0.05) is 48.0 Å². The number of likely N-dealkylation sites (tertiary alicyclic amines) is 1. The molecule has 6 N–H and O–H groups in total. The van der Waals surface area contributed by atoms with Crippen molar-refractivity contribution in [3.63, 3.8) is 0 Å². The number of pyridine rings is 1. The van der Waals surface area contributed by atoms with Crippen LogP contribution in [0.3, 0.4) is 0 Å². The number of phenolic OH excluding ortho intramolecular Hbond substituents is 1. The number of aromatic hydroxyl groups is 1. The molecule has 1 aliphatic heterocycles. The molecule has 0 unspecified atom stereocenters. The number of fused-ring (bicyclic) bond motifs is 1. The summed E-state index contributed by atoms with van der Waals surface area (Å²) in [7, 11) is 0. The summed E-state index contributed by atoms with van der Waals surface area (Å²) in [6.07, 6.45) is 3.22. The van der Waals surface area contributed by atoms with E-state index in [-0.39, 0.29) is 17.4 Å². The lowest BCUT2D eigenvalue weighted by Gasteiger charge is -2.31. The van der Waals surface area contributed by atoms with E-state index in [0.717, 1.165) is 79.9 Å². The van der Waals surface area contributed by atoms with E-state index in [1.807, 2.05) is 54.6 Å². The van der Waals surface area contributed by atoms with Crippen molar-refractivity contribution in [2.75, 3.05) is 43.4 Å². The summed E-state index contributed by atoms with van der Waals surface area (Å²) in [6, 6.07) is 41.0. The van der Waals surface area contributed by atoms with Crippen molar-refractivity contribution in [1.82, 2.24) is 15.2 Å². The van der Waals surface area contributed by atoms with Crippen LogP contribution < -0.4 is 21.5 Å². The molecule has 0 radical (unpaired) electrons. The van der Waals surface area contributed by atoms with Gasteiger partial charge in [-0.05, 0) is 110 Å². The van der Waals surface area contributed by atoms with Gasteiger partial charge < -0.3 is 35.5 Å². The van der Waals surface area contributed by atoms with Crippen LogP contribution in [0.4, 0.5) is 21.9 Å². The highest BCUT2D eigenvalue weighted by molar-refractivity contribution is 5.91. The van der Waals surface area contributed by atoms with Gasteiger partial charge in [-0.3, -0.25) is 10.1 Å². The van der Waals surface area contributed by atoms with Crippen LogP contribution in [0.1, 0.15) is 42.1 Å². The summed E-state index contributed by atoms with van der Waals surface area (Å²) >= 11 is 0. The van der Waals surface area contributed by atoms with E-state index in [2.05, 4.69) is 74.4 Å². The number of para-hydroxylation sites is 1. The molecule has 56 heavy (non-hydrogen) atoms. The van der Waals surface area contributed by atoms with E-state index in [1.54, 1.807) is 12.1 Å². The number of nitrogens with one attached hydrogen (secondary N) is 4. The molecule has 10 nitrogen and oxygen atoms in total. The number of aromatic nitrogens is 1. The molecule has 6 aromatic rings. The molecule has 7 rings (SSSR count). The van der Waals surface area contributed by atoms with Gasteiger partial charge in [0.1, 0.15) is 11.9 Å². The minimum absolute atomic E-state index is 0.0231. The highest BCUT2D eigenvalue weighted by Crippen LogP contribution is 2.30. The first-order valence-electron chi connectivity index (χ1n) is 19.4. The standard InChI is InChI=1S/C46H49N5O5/c52-42-21-19-39(40-20-22-44(54)50-45(40)42)43(53)31-47-26-23-32-15-17-35(18-16-32)48-36-12-6-8-33(30-36)9-7-27-51-28-24-37(25-29-51)56-46(55)49-41-14-5-4-13-38(41)34-10-2-1-3-11-34/h1-6,8,10-22,30,37,43,47-48,52-53H,7,9,23-29,31H2,(H,49,55)(H,50,54)/t43-/m0/s1. The van der Waals surface area contributed by atoms with Gasteiger partial charge in [0.2, 0.25) is 5.56 Å². The SMILES string of the molecule is O=C(Nc1ccccc1-c1ccccc1)OC1CCN(CCCc2cccc(Nc3ccc(CCNC[C@H](O)c4ccc(O)c5[nH]c(=O)ccc45)cc3)c2)CC1. The van der Waals surface area contributed by atoms with Gasteiger partial charge in [-0.25, -0.2) is 4.79 Å². The normalized spacial score (nSPS) is 14.0. The number of amides is 1. The number of aromatic amines is 1. The van der Waals surface area contributed by atoms with Crippen molar-refractivity contribution in [2.45, 2.75) is 44.3 Å². The van der Waals surface area contributed by atoms with E-state index in [1.165, 1.54) is 23.3 Å². The largest absolute Gasteiger partial charge is 0.506 e. The molecule has 2 heterocycles. The maximum atomic E-state index is 12.8. The first kappa shape index (κ1) is 38.3. The number of hydrogen-bond acceptors (Lipinski definition) is 8. The molecule has 1 aliphatic rings. The van der Waals surface area contributed by atoms with Gasteiger partial charge in [0.25, 0.3) is 0 Å². The number of hydrogen-bond donors (Lipinski definition) is 6. The Balaban J connectivity index is 0.796. The third-order valence-electron chi connectivity index (χ3n) is 10.4. The fourth-order valence-corrected chi connectivity index (χ4v) is 7.37. The van der Waals surface area contributed by atoms with E-state index < -0.39 is 12.2 Å². The van der Waals surface area contributed by atoms with Crippen molar-refractivity contribution in [2.24, 2.45) is 0 Å². The van der Waals surface area contributed by atoms with Crippen LogP contribution in [0.5, 0.6) is 5.75 Å². The number of aliphatic hydroxyl groups excluding tert-OH is 1. The Bertz CT molecular complexity index is 2270. The average Bonchev–Trinajstić information content (AvgIpc) is 3.22. The van der Waals surface area contributed by atoms with E-state index in [0.29, 0.717) is 29.6 Å². The summed E-state index contributed by atoms with van der Waals surface area (Å²) in [4.78, 5) is 29.6. The van der Waals surface area contributed by atoms with Crippen molar-refractivity contribution in [3.8, 4) is 16.9 Å². The Hall–Kier alpha value is -5.94. The van der Waals surface area contributed by atoms with Crippen LogP contribution in [-0.2, 0) is 17.6 Å². The van der Waals surface area contributed by atoms with Gasteiger partial charge in [-0.1, -0.05) is 78.9 Å². The predicted molar refractivity (Wildman–Crippen MR) is 224 cm³/mol. The van der Waals surface area contributed by atoms with Crippen molar-refractivity contribution >= 4 is 34.1 Å². The molecule has 1 saturated heterocycles. The molecule has 1 fully saturated rings. The quantitative estimate of drug-likeness (QED) is 0.0579. The lowest BCUT2D eigenvalue weighted by atomic mass is 10.0. The Morgan fingerprint density at radius 1 is 0.821 bits per heavy atom. The van der Waals surface area contributed by atoms with Crippen molar-refractivity contribution in [3.05, 3.63) is 154 Å². The summed E-state index contributed by atoms with van der Waals surface area (Å²) in [5, 5.41) is 31.4. The summed E-state index contributed by atoms with van der Waals surface area (Å²) in [5.41, 5.74) is 7.98. The van der Waals surface area contributed by atoms with Crippen LogP contribution in [0.2, 0.25) is 0 Å². The topological polar surface area (TPSA) is 139 Å². The zero-order valence-electron chi connectivity index (χ0n) is 31.4. The number of carbonyl (C=O) groups is 1.